The van der Waals surface area contributed by atoms with Gasteiger partial charge in [-0.1, -0.05) is 13.0 Å². The third-order valence-corrected chi connectivity index (χ3v) is 6.50. The van der Waals surface area contributed by atoms with Gasteiger partial charge >= 0.3 is 0 Å². The van der Waals surface area contributed by atoms with Crippen LogP contribution in [0.4, 0.5) is 24.5 Å². The number of hydrogen-bond donors (Lipinski definition) is 4. The number of alkyl halides is 2. The van der Waals surface area contributed by atoms with Gasteiger partial charge in [-0.3, -0.25) is 14.6 Å². The van der Waals surface area contributed by atoms with Crippen molar-refractivity contribution in [1.82, 2.24) is 20.7 Å². The number of nitrogens with one attached hydrogen (secondary N) is 4. The number of fused-ring (bicyclic) bond motifs is 1. The molecule has 0 saturated carbocycles. The number of likely N-dealkylation sites (N-methyl/N-ethyl adjacent to an activating group) is 2. The summed E-state index contributed by atoms with van der Waals surface area (Å²) in [7, 11) is 1.63. The van der Waals surface area contributed by atoms with E-state index in [0.29, 0.717) is 48.7 Å². The quantitative estimate of drug-likeness (QED) is 0.214. The van der Waals surface area contributed by atoms with Gasteiger partial charge in [0.2, 0.25) is 5.91 Å². The molecule has 39 heavy (non-hydrogen) atoms. The van der Waals surface area contributed by atoms with Crippen LogP contribution >= 0.6 is 0 Å². The molecule has 9 nitrogen and oxygen atoms in total. The lowest BCUT2D eigenvalue weighted by atomic mass is 10.1. The van der Waals surface area contributed by atoms with Crippen molar-refractivity contribution < 1.29 is 22.8 Å². The van der Waals surface area contributed by atoms with Crippen LogP contribution in [-0.4, -0.2) is 80.8 Å². The normalized spacial score (nSPS) is 12.8. The second-order valence-electron chi connectivity index (χ2n) is 9.35. The maximum absolute atomic E-state index is 13.7. The number of amides is 2. The Hall–Kier alpha value is -3.64. The van der Waals surface area contributed by atoms with E-state index in [4.69, 9.17) is 5.41 Å². The minimum atomic E-state index is -2.56. The molecule has 0 radical (unpaired) electrons. The minimum absolute atomic E-state index is 0.126. The fourth-order valence-electron chi connectivity index (χ4n) is 4.42. The van der Waals surface area contributed by atoms with Gasteiger partial charge in [0.1, 0.15) is 5.82 Å². The monoisotopic (exact) mass is 547 g/mol. The summed E-state index contributed by atoms with van der Waals surface area (Å²) >= 11 is 0. The van der Waals surface area contributed by atoms with Crippen molar-refractivity contribution in [2.45, 2.75) is 33.4 Å². The van der Waals surface area contributed by atoms with Crippen molar-refractivity contribution in [1.29, 1.82) is 5.41 Å². The molecule has 2 amide bonds. The Labute approximate surface area is 226 Å². The highest BCUT2D eigenvalue weighted by Gasteiger charge is 2.27. The fourth-order valence-corrected chi connectivity index (χ4v) is 4.42. The van der Waals surface area contributed by atoms with Crippen molar-refractivity contribution in [3.8, 4) is 0 Å². The van der Waals surface area contributed by atoms with Crippen molar-refractivity contribution in [2.75, 3.05) is 56.5 Å². The Morgan fingerprint density at radius 2 is 1.87 bits per heavy atom. The van der Waals surface area contributed by atoms with Crippen LogP contribution in [0.1, 0.15) is 29.2 Å². The summed E-state index contributed by atoms with van der Waals surface area (Å²) in [4.78, 5) is 27.8. The zero-order chi connectivity index (χ0) is 28.5. The van der Waals surface area contributed by atoms with Gasteiger partial charge in [0.05, 0.1) is 19.6 Å². The van der Waals surface area contributed by atoms with Gasteiger partial charge in [0.15, 0.2) is 0 Å². The number of carbonyl (C=O) groups is 2. The highest BCUT2D eigenvalue weighted by atomic mass is 19.3. The second kappa shape index (κ2) is 13.9. The number of hydrazine groups is 1. The molecule has 0 unspecified atom stereocenters. The molecule has 0 fully saturated rings. The fraction of sp³-hybridized carbons (Fsp3) is 0.444. The third-order valence-electron chi connectivity index (χ3n) is 6.50. The zero-order valence-corrected chi connectivity index (χ0v) is 22.5. The molecule has 4 N–H and O–H groups in total. The molecule has 1 aliphatic rings. The van der Waals surface area contributed by atoms with Crippen LogP contribution < -0.4 is 20.9 Å². The van der Waals surface area contributed by atoms with Gasteiger partial charge in [0.25, 0.3) is 12.3 Å². The Balaban J connectivity index is 1.81. The van der Waals surface area contributed by atoms with Gasteiger partial charge in [-0.25, -0.2) is 18.2 Å². The van der Waals surface area contributed by atoms with Gasteiger partial charge in [-0.15, -0.1) is 0 Å². The third kappa shape index (κ3) is 8.17. The van der Waals surface area contributed by atoms with Crippen LogP contribution in [0.2, 0.25) is 0 Å². The van der Waals surface area contributed by atoms with Crippen molar-refractivity contribution in [3.05, 3.63) is 58.4 Å². The van der Waals surface area contributed by atoms with Crippen molar-refractivity contribution in [3.63, 3.8) is 0 Å². The molecule has 0 saturated heterocycles. The summed E-state index contributed by atoms with van der Waals surface area (Å²) < 4.78 is 39.2. The zero-order valence-electron chi connectivity index (χ0n) is 22.5. The van der Waals surface area contributed by atoms with Gasteiger partial charge in [0, 0.05) is 56.4 Å². The predicted octanol–water partition coefficient (Wildman–Crippen LogP) is 2.73. The van der Waals surface area contributed by atoms with Crippen LogP contribution in [-0.2, 0) is 22.7 Å². The van der Waals surface area contributed by atoms with E-state index in [2.05, 4.69) is 16.0 Å². The summed E-state index contributed by atoms with van der Waals surface area (Å²) in [6.07, 6.45) is -1.52. The van der Waals surface area contributed by atoms with Gasteiger partial charge in [-0.2, -0.15) is 0 Å². The average Bonchev–Trinajstić information content (AvgIpc) is 3.32. The summed E-state index contributed by atoms with van der Waals surface area (Å²) in [5.41, 5.74) is 3.65. The minimum Gasteiger partial charge on any atom is -0.379 e. The summed E-state index contributed by atoms with van der Waals surface area (Å²) in [5.74, 6) is -0.914. The number of halogens is 3. The van der Waals surface area contributed by atoms with Crippen molar-refractivity contribution >= 4 is 29.4 Å². The predicted molar refractivity (Wildman–Crippen MR) is 146 cm³/mol. The van der Waals surface area contributed by atoms with E-state index in [0.717, 1.165) is 23.9 Å². The Kier molecular flexibility index (Phi) is 10.7. The topological polar surface area (TPSA) is 104 Å². The highest BCUT2D eigenvalue weighted by Crippen LogP contribution is 2.28. The molecule has 1 heterocycles. The van der Waals surface area contributed by atoms with E-state index in [1.807, 2.05) is 6.92 Å². The number of rotatable bonds is 14. The Morgan fingerprint density at radius 1 is 1.13 bits per heavy atom. The molecule has 0 aliphatic carbocycles. The smallest absolute Gasteiger partial charge is 0.256 e. The maximum atomic E-state index is 13.7. The average molecular weight is 548 g/mol. The molecule has 212 valence electrons. The molecule has 2 aromatic rings. The highest BCUT2D eigenvalue weighted by molar-refractivity contribution is 5.91. The van der Waals surface area contributed by atoms with E-state index >= 15 is 0 Å². The molecule has 2 aromatic carbocycles. The van der Waals surface area contributed by atoms with Gasteiger partial charge < -0.3 is 26.3 Å². The summed E-state index contributed by atoms with van der Waals surface area (Å²) in [5, 5.41) is 19.7. The number of carbonyl (C=O) groups excluding carboxylic acids is 2. The second-order valence-corrected chi connectivity index (χ2v) is 9.35. The molecular formula is C27H36F3N7O2. The summed E-state index contributed by atoms with van der Waals surface area (Å²) in [6, 6.07) is 7.81. The first-order chi connectivity index (χ1) is 18.6. The van der Waals surface area contributed by atoms with E-state index in [-0.39, 0.29) is 30.7 Å². The van der Waals surface area contributed by atoms with Gasteiger partial charge in [-0.05, 0) is 54.4 Å². The molecule has 1 aliphatic heterocycles. The maximum Gasteiger partial charge on any atom is 0.256 e. The van der Waals surface area contributed by atoms with Crippen LogP contribution in [0.25, 0.3) is 0 Å². The van der Waals surface area contributed by atoms with Crippen LogP contribution in [0.5, 0.6) is 0 Å². The van der Waals surface area contributed by atoms with E-state index in [9.17, 15) is 22.8 Å². The van der Waals surface area contributed by atoms with Crippen LogP contribution in [0, 0.1) is 18.2 Å². The molecule has 0 bridgehead atoms. The first kappa shape index (κ1) is 29.9. The SMILES string of the molecule is CCNCCNC(=O)CN(CC(=O)N(C)N1Cc2ccc(F)cc2C1)c1cc(C=N)c(NCC(F)F)cc1C. The molecule has 3 rings (SSSR count). The first-order valence-corrected chi connectivity index (χ1v) is 12.8. The van der Waals surface area contributed by atoms with Crippen LogP contribution in [0.15, 0.2) is 30.3 Å². The number of aryl methyl sites for hydroxylation is 1. The molecule has 0 aromatic heterocycles. The lowest BCUT2D eigenvalue weighted by Gasteiger charge is -2.32. The van der Waals surface area contributed by atoms with E-state index < -0.39 is 13.0 Å². The molecule has 0 spiro atoms. The molecule has 0 atom stereocenters. The Bertz CT molecular complexity index is 1180. The van der Waals surface area contributed by atoms with E-state index in [1.165, 1.54) is 17.1 Å². The largest absolute Gasteiger partial charge is 0.379 e. The lowest BCUT2D eigenvalue weighted by molar-refractivity contribution is -0.145. The number of anilines is 2. The molecular weight excluding hydrogens is 511 g/mol. The summed E-state index contributed by atoms with van der Waals surface area (Å²) in [6.45, 7) is 5.48. The van der Waals surface area contributed by atoms with Crippen LogP contribution in [0.3, 0.4) is 0 Å². The van der Waals surface area contributed by atoms with Crippen molar-refractivity contribution in [2.24, 2.45) is 0 Å². The number of nitrogens with zero attached hydrogens (tertiary/aromatic N) is 3. The Morgan fingerprint density at radius 3 is 2.56 bits per heavy atom. The lowest BCUT2D eigenvalue weighted by Crippen LogP contribution is -2.48. The standard InChI is InChI=1S/C27H36F3N7O2/c1-4-32-7-8-33-26(38)16-36(24-11-20(12-31)23(9-18(24)2)34-13-25(29)30)17-27(39)35(3)37-14-19-5-6-22(28)10-21(19)15-37/h5-6,9-12,25,31-32,34H,4,7-8,13-17H2,1-3H3,(H,33,38). The first-order valence-electron chi connectivity index (χ1n) is 12.8. The molecule has 12 heteroatoms. The number of hydrogen-bond acceptors (Lipinski definition) is 7. The number of benzene rings is 2. The van der Waals surface area contributed by atoms with E-state index in [1.54, 1.807) is 42.1 Å².